The lowest BCUT2D eigenvalue weighted by atomic mass is 10.0. The van der Waals surface area contributed by atoms with Crippen molar-refractivity contribution in [2.75, 3.05) is 16.8 Å². The number of carbonyl (C=O) groups excluding carboxylic acids is 2. The summed E-state index contributed by atoms with van der Waals surface area (Å²) in [5.41, 5.74) is 3.57. The van der Waals surface area contributed by atoms with Gasteiger partial charge in [-0.15, -0.1) is 0 Å². The van der Waals surface area contributed by atoms with Gasteiger partial charge in [0.25, 0.3) is 5.56 Å². The van der Waals surface area contributed by atoms with Gasteiger partial charge < -0.3 is 15.2 Å². The van der Waals surface area contributed by atoms with Gasteiger partial charge in [0, 0.05) is 35.3 Å². The molecular weight excluding hydrogens is 354 g/mol. The van der Waals surface area contributed by atoms with Crippen LogP contribution >= 0.6 is 0 Å². The zero-order valence-electron chi connectivity index (χ0n) is 15.8. The average Bonchev–Trinajstić information content (AvgIpc) is 3.09. The molecule has 28 heavy (non-hydrogen) atoms. The molecule has 2 heterocycles. The second kappa shape index (κ2) is 6.96. The van der Waals surface area contributed by atoms with Crippen LogP contribution in [0.1, 0.15) is 17.5 Å². The minimum absolute atomic E-state index is 0.0553. The van der Waals surface area contributed by atoms with Crippen LogP contribution in [0.15, 0.2) is 53.3 Å². The molecule has 6 nitrogen and oxygen atoms in total. The maximum Gasteiger partial charge on any atom is 0.251 e. The SMILES string of the molecule is Cc1c(C)c2ccc(NC(=O)C3CC(=O)N(c4ccccc4)C3)cc2[nH]c1=O. The first-order valence-electron chi connectivity index (χ1n) is 9.23. The Morgan fingerprint density at radius 1 is 1.07 bits per heavy atom. The van der Waals surface area contributed by atoms with E-state index in [1.807, 2.05) is 49.4 Å². The Hall–Kier alpha value is -3.41. The number of nitrogens with zero attached hydrogens (tertiary/aromatic N) is 1. The Labute approximate surface area is 162 Å². The van der Waals surface area contributed by atoms with Gasteiger partial charge in [0.15, 0.2) is 0 Å². The summed E-state index contributed by atoms with van der Waals surface area (Å²) in [5, 5.41) is 3.83. The molecule has 142 valence electrons. The van der Waals surface area contributed by atoms with Crippen LogP contribution in [0.25, 0.3) is 10.9 Å². The maximum absolute atomic E-state index is 12.7. The molecule has 1 saturated heterocycles. The molecule has 1 aromatic heterocycles. The molecular formula is C22H21N3O3. The highest BCUT2D eigenvalue weighted by atomic mass is 16.2. The zero-order chi connectivity index (χ0) is 19.8. The predicted octanol–water partition coefficient (Wildman–Crippen LogP) is 3.14. The first kappa shape index (κ1) is 18.0. The van der Waals surface area contributed by atoms with Crippen molar-refractivity contribution in [1.29, 1.82) is 0 Å². The Kier molecular flexibility index (Phi) is 4.47. The van der Waals surface area contributed by atoms with Crippen LogP contribution in [0.4, 0.5) is 11.4 Å². The van der Waals surface area contributed by atoms with E-state index in [1.54, 1.807) is 17.9 Å². The van der Waals surface area contributed by atoms with Crippen molar-refractivity contribution in [2.24, 2.45) is 5.92 Å². The van der Waals surface area contributed by atoms with Crippen LogP contribution in [0.3, 0.4) is 0 Å². The third kappa shape index (κ3) is 3.17. The number of hydrogen-bond acceptors (Lipinski definition) is 3. The lowest BCUT2D eigenvalue weighted by Crippen LogP contribution is -2.28. The van der Waals surface area contributed by atoms with Gasteiger partial charge in [-0.25, -0.2) is 0 Å². The van der Waals surface area contributed by atoms with Gasteiger partial charge in [-0.3, -0.25) is 14.4 Å². The summed E-state index contributed by atoms with van der Waals surface area (Å²) < 4.78 is 0. The van der Waals surface area contributed by atoms with Crippen LogP contribution in [-0.2, 0) is 9.59 Å². The first-order valence-corrected chi connectivity index (χ1v) is 9.23. The summed E-state index contributed by atoms with van der Waals surface area (Å²) >= 11 is 0. The second-order valence-electron chi connectivity index (χ2n) is 7.19. The largest absolute Gasteiger partial charge is 0.326 e. The number of nitrogens with one attached hydrogen (secondary N) is 2. The van der Waals surface area contributed by atoms with E-state index >= 15 is 0 Å². The predicted molar refractivity (Wildman–Crippen MR) is 110 cm³/mol. The molecule has 1 atom stereocenters. The number of rotatable bonds is 3. The van der Waals surface area contributed by atoms with Gasteiger partial charge in [0.2, 0.25) is 11.8 Å². The Morgan fingerprint density at radius 2 is 1.82 bits per heavy atom. The van der Waals surface area contributed by atoms with E-state index in [0.29, 0.717) is 23.3 Å². The highest BCUT2D eigenvalue weighted by Gasteiger charge is 2.35. The Morgan fingerprint density at radius 3 is 2.57 bits per heavy atom. The minimum Gasteiger partial charge on any atom is -0.326 e. The van der Waals surface area contributed by atoms with E-state index < -0.39 is 5.92 Å². The summed E-state index contributed by atoms with van der Waals surface area (Å²) in [6.07, 6.45) is 0.184. The molecule has 0 radical (unpaired) electrons. The van der Waals surface area contributed by atoms with Crippen LogP contribution in [0.2, 0.25) is 0 Å². The quantitative estimate of drug-likeness (QED) is 0.738. The fraction of sp³-hybridized carbons (Fsp3) is 0.227. The van der Waals surface area contributed by atoms with Gasteiger partial charge in [0.05, 0.1) is 11.4 Å². The van der Waals surface area contributed by atoms with Crippen LogP contribution in [0.5, 0.6) is 0 Å². The molecule has 2 aromatic carbocycles. The van der Waals surface area contributed by atoms with Crippen LogP contribution < -0.4 is 15.8 Å². The number of amides is 2. The van der Waals surface area contributed by atoms with Gasteiger partial charge in [-0.05, 0) is 43.7 Å². The van der Waals surface area contributed by atoms with Gasteiger partial charge in [-0.1, -0.05) is 24.3 Å². The molecule has 0 bridgehead atoms. The van der Waals surface area contributed by atoms with Crippen molar-refractivity contribution in [1.82, 2.24) is 4.98 Å². The summed E-state index contributed by atoms with van der Waals surface area (Å²) in [6, 6.07) is 14.8. The Bertz CT molecular complexity index is 1130. The molecule has 0 saturated carbocycles. The summed E-state index contributed by atoms with van der Waals surface area (Å²) in [6.45, 7) is 4.06. The third-order valence-corrected chi connectivity index (χ3v) is 5.41. The topological polar surface area (TPSA) is 82.3 Å². The standard InChI is InChI=1S/C22H21N3O3/c1-13-14(2)21(27)24-19-11-16(8-9-18(13)19)23-22(28)15-10-20(26)25(12-15)17-6-4-3-5-7-17/h3-9,11,15H,10,12H2,1-2H3,(H,23,28)(H,24,27). The summed E-state index contributed by atoms with van der Waals surface area (Å²) in [7, 11) is 0. The molecule has 3 aromatic rings. The van der Waals surface area contributed by atoms with Gasteiger partial charge >= 0.3 is 0 Å². The zero-order valence-corrected chi connectivity index (χ0v) is 15.8. The molecule has 0 spiro atoms. The monoisotopic (exact) mass is 375 g/mol. The number of carbonyl (C=O) groups is 2. The molecule has 2 N–H and O–H groups in total. The van der Waals surface area contributed by atoms with Crippen molar-refractivity contribution >= 4 is 34.1 Å². The fourth-order valence-electron chi connectivity index (χ4n) is 3.63. The molecule has 6 heteroatoms. The number of anilines is 2. The lowest BCUT2D eigenvalue weighted by molar-refractivity contribution is -0.122. The first-order chi connectivity index (χ1) is 13.4. The normalized spacial score (nSPS) is 16.6. The number of aromatic nitrogens is 1. The van der Waals surface area contributed by atoms with E-state index in [9.17, 15) is 14.4 Å². The van der Waals surface area contributed by atoms with E-state index in [4.69, 9.17) is 0 Å². The number of fused-ring (bicyclic) bond motifs is 1. The van der Waals surface area contributed by atoms with Crippen molar-refractivity contribution in [3.05, 3.63) is 70.0 Å². The molecule has 0 aliphatic carbocycles. The fourth-order valence-corrected chi connectivity index (χ4v) is 3.63. The van der Waals surface area contributed by atoms with E-state index in [-0.39, 0.29) is 23.8 Å². The molecule has 1 unspecified atom stereocenters. The van der Waals surface area contributed by atoms with Gasteiger partial charge in [0.1, 0.15) is 0 Å². The summed E-state index contributed by atoms with van der Waals surface area (Å²) in [4.78, 5) is 41.5. The number of H-pyrrole nitrogens is 1. The van der Waals surface area contributed by atoms with Crippen molar-refractivity contribution in [2.45, 2.75) is 20.3 Å². The van der Waals surface area contributed by atoms with Crippen LogP contribution in [-0.4, -0.2) is 23.3 Å². The van der Waals surface area contributed by atoms with E-state index in [2.05, 4.69) is 10.3 Å². The highest BCUT2D eigenvalue weighted by molar-refractivity contribution is 6.04. The molecule has 1 aliphatic heterocycles. The van der Waals surface area contributed by atoms with Crippen molar-refractivity contribution < 1.29 is 9.59 Å². The number of pyridine rings is 1. The van der Waals surface area contributed by atoms with E-state index in [0.717, 1.165) is 16.6 Å². The highest BCUT2D eigenvalue weighted by Crippen LogP contribution is 2.26. The minimum atomic E-state index is -0.415. The molecule has 4 rings (SSSR count). The van der Waals surface area contributed by atoms with Crippen LogP contribution in [0, 0.1) is 19.8 Å². The lowest BCUT2D eigenvalue weighted by Gasteiger charge is -2.16. The molecule has 1 aliphatic rings. The van der Waals surface area contributed by atoms with E-state index in [1.165, 1.54) is 0 Å². The van der Waals surface area contributed by atoms with Gasteiger partial charge in [-0.2, -0.15) is 0 Å². The second-order valence-corrected chi connectivity index (χ2v) is 7.19. The number of benzene rings is 2. The third-order valence-electron chi connectivity index (χ3n) is 5.41. The number of para-hydroxylation sites is 1. The maximum atomic E-state index is 12.7. The molecule has 1 fully saturated rings. The summed E-state index contributed by atoms with van der Waals surface area (Å²) in [5.74, 6) is -0.667. The number of aromatic amines is 1. The molecule has 2 amide bonds. The average molecular weight is 375 g/mol. The Balaban J connectivity index is 1.53. The number of aryl methyl sites for hydroxylation is 1. The smallest absolute Gasteiger partial charge is 0.251 e. The number of hydrogen-bond donors (Lipinski definition) is 2. The van der Waals surface area contributed by atoms with Crippen molar-refractivity contribution in [3.63, 3.8) is 0 Å². The van der Waals surface area contributed by atoms with Crippen molar-refractivity contribution in [3.8, 4) is 0 Å².